The molecule has 0 aliphatic carbocycles. The SMILES string of the molecule is Cc1ccc(S(=O)(=O)N2CCC[C@H]2C(=O)N[C@@H](Cc2ccc(NC(=O)Nc3ccc(C#N)cc3)cc2)C(=O)O)cc1. The fourth-order valence-electron chi connectivity index (χ4n) is 4.48. The standard InChI is InChI=1S/C29H29N5O6S/c1-19-4-14-24(15-5-19)41(39,40)34-16-2-3-26(34)27(35)33-25(28(36)37)17-20-6-10-22(11-7-20)31-29(38)32-23-12-8-21(18-30)9-13-23/h4-15,25-26H,2-3,16-17H2,1H3,(H,33,35)(H,36,37)(H2,31,32,38)/t25-,26-/m0/s1. The third kappa shape index (κ3) is 7.27. The van der Waals surface area contributed by atoms with Crippen LogP contribution >= 0.6 is 0 Å². The highest BCUT2D eigenvalue weighted by molar-refractivity contribution is 7.89. The zero-order valence-corrected chi connectivity index (χ0v) is 23.0. The van der Waals surface area contributed by atoms with Crippen molar-refractivity contribution in [3.8, 4) is 6.07 Å². The molecule has 1 fully saturated rings. The molecule has 2 atom stereocenters. The molecule has 0 aromatic heterocycles. The Hall–Kier alpha value is -4.73. The number of hydrogen-bond acceptors (Lipinski definition) is 6. The minimum atomic E-state index is -3.93. The van der Waals surface area contributed by atoms with Crippen LogP contribution in [0.25, 0.3) is 0 Å². The van der Waals surface area contributed by atoms with E-state index in [9.17, 15) is 27.9 Å². The van der Waals surface area contributed by atoms with Gasteiger partial charge in [-0.05, 0) is 73.9 Å². The van der Waals surface area contributed by atoms with Crippen LogP contribution in [0.5, 0.6) is 0 Å². The van der Waals surface area contributed by atoms with Gasteiger partial charge in [-0.3, -0.25) is 4.79 Å². The third-order valence-corrected chi connectivity index (χ3v) is 8.59. The second kappa shape index (κ2) is 12.6. The highest BCUT2D eigenvalue weighted by atomic mass is 32.2. The molecule has 1 heterocycles. The molecular formula is C29H29N5O6S. The van der Waals surface area contributed by atoms with Crippen molar-refractivity contribution < 1.29 is 27.9 Å². The number of urea groups is 1. The van der Waals surface area contributed by atoms with E-state index in [-0.39, 0.29) is 24.3 Å². The van der Waals surface area contributed by atoms with Crippen LogP contribution < -0.4 is 16.0 Å². The van der Waals surface area contributed by atoms with Gasteiger partial charge in [-0.2, -0.15) is 9.57 Å². The zero-order chi connectivity index (χ0) is 29.6. The van der Waals surface area contributed by atoms with E-state index in [0.717, 1.165) is 9.87 Å². The summed E-state index contributed by atoms with van der Waals surface area (Å²) in [5.74, 6) is -1.92. The average Bonchev–Trinajstić information content (AvgIpc) is 3.46. The molecule has 3 amide bonds. The first-order valence-electron chi connectivity index (χ1n) is 12.9. The number of benzene rings is 3. The van der Waals surface area contributed by atoms with Gasteiger partial charge in [0, 0.05) is 24.3 Å². The number of rotatable bonds is 9. The summed E-state index contributed by atoms with van der Waals surface area (Å²) in [6.07, 6.45) is 0.721. The summed E-state index contributed by atoms with van der Waals surface area (Å²) in [4.78, 5) is 37.4. The van der Waals surface area contributed by atoms with Crippen molar-refractivity contribution >= 4 is 39.3 Å². The fourth-order valence-corrected chi connectivity index (χ4v) is 6.14. The molecule has 11 nitrogen and oxygen atoms in total. The van der Waals surface area contributed by atoms with E-state index in [1.165, 1.54) is 12.1 Å². The van der Waals surface area contributed by atoms with Gasteiger partial charge in [0.1, 0.15) is 12.1 Å². The molecule has 3 aromatic carbocycles. The van der Waals surface area contributed by atoms with Crippen molar-refractivity contribution in [3.05, 3.63) is 89.5 Å². The Morgan fingerprint density at radius 2 is 1.56 bits per heavy atom. The number of amides is 3. The average molecular weight is 576 g/mol. The van der Waals surface area contributed by atoms with Gasteiger partial charge in [-0.1, -0.05) is 29.8 Å². The smallest absolute Gasteiger partial charge is 0.326 e. The van der Waals surface area contributed by atoms with E-state index >= 15 is 0 Å². The molecule has 1 aliphatic rings. The summed E-state index contributed by atoms with van der Waals surface area (Å²) >= 11 is 0. The molecule has 212 valence electrons. The van der Waals surface area contributed by atoms with Crippen molar-refractivity contribution in [2.45, 2.75) is 43.2 Å². The molecule has 0 saturated carbocycles. The molecule has 12 heteroatoms. The van der Waals surface area contributed by atoms with Gasteiger partial charge in [-0.25, -0.2) is 18.0 Å². The Morgan fingerprint density at radius 3 is 2.12 bits per heavy atom. The first-order chi connectivity index (χ1) is 19.6. The van der Waals surface area contributed by atoms with Crippen LogP contribution in [0.1, 0.15) is 29.5 Å². The molecule has 1 saturated heterocycles. The Bertz CT molecular complexity index is 1570. The van der Waals surface area contributed by atoms with Crippen molar-refractivity contribution in [1.82, 2.24) is 9.62 Å². The Morgan fingerprint density at radius 1 is 0.976 bits per heavy atom. The summed E-state index contributed by atoms with van der Waals surface area (Å²) in [7, 11) is -3.93. The predicted octanol–water partition coefficient (Wildman–Crippen LogP) is 3.48. The third-order valence-electron chi connectivity index (χ3n) is 6.67. The molecule has 0 bridgehead atoms. The summed E-state index contributed by atoms with van der Waals surface area (Å²) in [5.41, 5.74) is 2.92. The molecule has 3 aromatic rings. The number of carboxylic acids is 1. The lowest BCUT2D eigenvalue weighted by Crippen LogP contribution is -2.51. The van der Waals surface area contributed by atoms with Crippen LogP contribution in [0.2, 0.25) is 0 Å². The normalized spacial score (nSPS) is 15.9. The van der Waals surface area contributed by atoms with Crippen molar-refractivity contribution in [1.29, 1.82) is 5.26 Å². The van der Waals surface area contributed by atoms with E-state index in [4.69, 9.17) is 5.26 Å². The molecule has 4 rings (SSSR count). The van der Waals surface area contributed by atoms with Gasteiger partial charge in [0.25, 0.3) is 0 Å². The van der Waals surface area contributed by atoms with E-state index in [1.54, 1.807) is 60.7 Å². The summed E-state index contributed by atoms with van der Waals surface area (Å²) < 4.78 is 27.5. The molecule has 0 radical (unpaired) electrons. The van der Waals surface area contributed by atoms with Crippen LogP contribution in [-0.4, -0.2) is 54.4 Å². The van der Waals surface area contributed by atoms with Crippen LogP contribution in [-0.2, 0) is 26.0 Å². The van der Waals surface area contributed by atoms with Crippen molar-refractivity contribution in [2.75, 3.05) is 17.2 Å². The molecular weight excluding hydrogens is 546 g/mol. The second-order valence-corrected chi connectivity index (χ2v) is 11.5. The van der Waals surface area contributed by atoms with E-state index in [2.05, 4.69) is 16.0 Å². The number of carbonyl (C=O) groups excluding carboxylic acids is 2. The van der Waals surface area contributed by atoms with E-state index < -0.39 is 40.0 Å². The molecule has 0 unspecified atom stereocenters. The van der Waals surface area contributed by atoms with Gasteiger partial charge in [0.15, 0.2) is 0 Å². The second-order valence-electron chi connectivity index (χ2n) is 9.66. The van der Waals surface area contributed by atoms with Crippen LogP contribution in [0, 0.1) is 18.3 Å². The largest absolute Gasteiger partial charge is 0.480 e. The molecule has 41 heavy (non-hydrogen) atoms. The number of carboxylic acid groups (broad SMARTS) is 1. The van der Waals surface area contributed by atoms with Gasteiger partial charge >= 0.3 is 12.0 Å². The monoisotopic (exact) mass is 575 g/mol. The number of hydrogen-bond donors (Lipinski definition) is 4. The minimum absolute atomic E-state index is 0.0454. The van der Waals surface area contributed by atoms with Gasteiger partial charge in [0.2, 0.25) is 15.9 Å². The van der Waals surface area contributed by atoms with E-state index in [1.807, 2.05) is 13.0 Å². The Kier molecular flexibility index (Phi) is 9.01. The highest BCUT2D eigenvalue weighted by Crippen LogP contribution is 2.26. The Labute approximate surface area is 237 Å². The van der Waals surface area contributed by atoms with Gasteiger partial charge in [-0.15, -0.1) is 0 Å². The number of nitriles is 1. The molecule has 4 N–H and O–H groups in total. The topological polar surface area (TPSA) is 169 Å². The maximum Gasteiger partial charge on any atom is 0.326 e. The summed E-state index contributed by atoms with van der Waals surface area (Å²) in [5, 5.41) is 26.5. The predicted molar refractivity (Wildman–Crippen MR) is 152 cm³/mol. The van der Waals surface area contributed by atoms with Crippen molar-refractivity contribution in [2.24, 2.45) is 0 Å². The maximum absolute atomic E-state index is 13.2. The first kappa shape index (κ1) is 29.3. The number of aryl methyl sites for hydroxylation is 1. The Balaban J connectivity index is 1.37. The lowest BCUT2D eigenvalue weighted by Gasteiger charge is -2.25. The lowest BCUT2D eigenvalue weighted by atomic mass is 10.0. The first-order valence-corrected chi connectivity index (χ1v) is 14.3. The van der Waals surface area contributed by atoms with Crippen molar-refractivity contribution in [3.63, 3.8) is 0 Å². The lowest BCUT2D eigenvalue weighted by molar-refractivity contribution is -0.142. The summed E-state index contributed by atoms with van der Waals surface area (Å²) in [6, 6.07) is 18.4. The minimum Gasteiger partial charge on any atom is -0.480 e. The van der Waals surface area contributed by atoms with Gasteiger partial charge in [0.05, 0.1) is 16.5 Å². The van der Waals surface area contributed by atoms with E-state index in [0.29, 0.717) is 28.9 Å². The summed E-state index contributed by atoms with van der Waals surface area (Å²) in [6.45, 7) is 2.01. The quantitative estimate of drug-likeness (QED) is 0.303. The molecule has 0 spiro atoms. The van der Waals surface area contributed by atoms with Crippen LogP contribution in [0.3, 0.4) is 0 Å². The number of sulfonamides is 1. The number of nitrogens with one attached hydrogen (secondary N) is 3. The number of carbonyl (C=O) groups is 3. The maximum atomic E-state index is 13.2. The number of nitrogens with zero attached hydrogens (tertiary/aromatic N) is 2. The van der Waals surface area contributed by atoms with Crippen LogP contribution in [0.4, 0.5) is 16.2 Å². The molecule has 1 aliphatic heterocycles. The highest BCUT2D eigenvalue weighted by Gasteiger charge is 2.40. The zero-order valence-electron chi connectivity index (χ0n) is 22.2. The van der Waals surface area contributed by atoms with Gasteiger partial charge < -0.3 is 21.1 Å². The van der Waals surface area contributed by atoms with Crippen LogP contribution in [0.15, 0.2) is 77.7 Å². The number of anilines is 2. The number of aliphatic carboxylic acids is 1. The fraction of sp³-hybridized carbons (Fsp3) is 0.241.